The summed E-state index contributed by atoms with van der Waals surface area (Å²) in [6.45, 7) is 13.4. The van der Waals surface area contributed by atoms with E-state index in [0.717, 1.165) is 30.6 Å². The number of alkyl carbamates (subject to hydrolysis) is 1. The topological polar surface area (TPSA) is 192 Å². The molecule has 1 unspecified atom stereocenters. The number of likely N-dealkylation sites (tertiary alicyclic amines) is 1. The molecule has 4 rings (SSSR count). The third kappa shape index (κ3) is 11.6. The smallest absolute Gasteiger partial charge is 0.417 e. The first-order valence-electron chi connectivity index (χ1n) is 13.8. The highest BCUT2D eigenvalue weighted by atomic mass is 16.7. The number of Topliss-reactive ketones (excluding diaryl/α,β-unsaturated/α-hetero) is 1. The van der Waals surface area contributed by atoms with Crippen LogP contribution in [0, 0.1) is 11.8 Å². The maximum absolute atomic E-state index is 11.9. The van der Waals surface area contributed by atoms with Crippen LogP contribution in [0.5, 0.6) is 0 Å². The molecule has 42 heavy (non-hydrogen) atoms. The molecule has 2 saturated carbocycles. The van der Waals surface area contributed by atoms with Crippen LogP contribution in [0.2, 0.25) is 0 Å². The molecule has 236 valence electrons. The molecule has 0 aromatic carbocycles. The number of carboxylic acid groups (broad SMARTS) is 1. The number of ketones is 1. The van der Waals surface area contributed by atoms with Gasteiger partial charge >= 0.3 is 30.1 Å². The fourth-order valence-electron chi connectivity index (χ4n) is 4.05. The van der Waals surface area contributed by atoms with Crippen molar-refractivity contribution < 1.29 is 57.6 Å². The molecule has 2 saturated heterocycles. The number of nitrogens with zero attached hydrogens (tertiary/aromatic N) is 1. The molecular weight excluding hydrogens is 556 g/mol. The van der Waals surface area contributed by atoms with E-state index in [9.17, 15) is 33.6 Å². The minimum Gasteiger partial charge on any atom is -0.480 e. The zero-order valence-corrected chi connectivity index (χ0v) is 25.4. The van der Waals surface area contributed by atoms with Gasteiger partial charge in [-0.25, -0.2) is 19.3 Å². The second kappa shape index (κ2) is 13.1. The van der Waals surface area contributed by atoms with Gasteiger partial charge in [-0.2, -0.15) is 0 Å². The summed E-state index contributed by atoms with van der Waals surface area (Å²) in [6.07, 6.45) is 1.72. The van der Waals surface area contributed by atoms with Gasteiger partial charge in [0.2, 0.25) is 5.91 Å². The molecule has 2 aliphatic heterocycles. The van der Waals surface area contributed by atoms with E-state index in [4.69, 9.17) is 14.6 Å². The fourth-order valence-corrected chi connectivity index (χ4v) is 4.05. The summed E-state index contributed by atoms with van der Waals surface area (Å²) < 4.78 is 19.5. The van der Waals surface area contributed by atoms with Gasteiger partial charge in [-0.15, -0.1) is 0 Å². The number of nitrogens with one attached hydrogen (secondary N) is 1. The Morgan fingerprint density at radius 3 is 1.76 bits per heavy atom. The Morgan fingerprint density at radius 2 is 1.38 bits per heavy atom. The maximum atomic E-state index is 11.9. The minimum absolute atomic E-state index is 0.0648. The van der Waals surface area contributed by atoms with Crippen molar-refractivity contribution in [2.75, 3.05) is 0 Å². The first-order valence-corrected chi connectivity index (χ1v) is 13.8. The first kappa shape index (κ1) is 34.5. The van der Waals surface area contributed by atoms with Crippen molar-refractivity contribution in [2.24, 2.45) is 11.8 Å². The lowest BCUT2D eigenvalue weighted by atomic mass is 10.1. The van der Waals surface area contributed by atoms with Gasteiger partial charge in [0, 0.05) is 13.8 Å². The Balaban J connectivity index is 0.000000228. The van der Waals surface area contributed by atoms with Gasteiger partial charge < -0.3 is 29.4 Å². The molecule has 2 aliphatic carbocycles. The largest absolute Gasteiger partial charge is 0.480 e. The maximum Gasteiger partial charge on any atom is 0.417 e. The number of esters is 2. The number of hydrogen-bond acceptors (Lipinski definition) is 11. The molecular formula is C28H42N2O12. The van der Waals surface area contributed by atoms with E-state index in [-0.39, 0.29) is 30.5 Å². The standard InChI is InChI=1S/C12H17NO4.C10H17NO4.C6H8O4/c1-12(2,3)17-11(16)13-9(15)6-8(14)10(13)7-4-5-7;1-10(2,3)15-9(14)11-7(8(12)13)6-4-5-6;1-6(2)9-4(7)3-5(8)10-6/h7,10H,4-6H2,1-3H3;6-7H,4-5H2,1-3H3,(H,11,14)(H,12,13);3H2,1-2H3/t10-;;/m0../s1. The van der Waals surface area contributed by atoms with Crippen molar-refractivity contribution >= 4 is 41.8 Å². The monoisotopic (exact) mass is 598 g/mol. The van der Waals surface area contributed by atoms with Gasteiger partial charge in [0.25, 0.3) is 5.79 Å². The van der Waals surface area contributed by atoms with E-state index < -0.39 is 65.1 Å². The molecule has 0 aromatic heterocycles. The summed E-state index contributed by atoms with van der Waals surface area (Å²) in [4.78, 5) is 79.5. The molecule has 4 aliphatic rings. The van der Waals surface area contributed by atoms with Crippen LogP contribution in [0.25, 0.3) is 0 Å². The molecule has 2 heterocycles. The van der Waals surface area contributed by atoms with Gasteiger partial charge in [0.05, 0.1) is 6.42 Å². The van der Waals surface area contributed by atoms with Crippen molar-refractivity contribution in [3.8, 4) is 0 Å². The number of amides is 3. The molecule has 2 atom stereocenters. The van der Waals surface area contributed by atoms with Crippen LogP contribution in [0.3, 0.4) is 0 Å². The van der Waals surface area contributed by atoms with Gasteiger partial charge in [0.1, 0.15) is 29.7 Å². The number of cyclic esters (lactones) is 2. The zero-order valence-electron chi connectivity index (χ0n) is 25.4. The average Bonchev–Trinajstić information content (AvgIpc) is 3.67. The van der Waals surface area contributed by atoms with Crippen LogP contribution in [0.4, 0.5) is 9.59 Å². The number of ether oxygens (including phenoxy) is 4. The summed E-state index contributed by atoms with van der Waals surface area (Å²) in [5.74, 6) is -3.49. The average molecular weight is 599 g/mol. The van der Waals surface area contributed by atoms with E-state index in [1.165, 1.54) is 13.8 Å². The SMILES string of the molecule is CC(C)(C)OC(=O)N1C(=O)CC(=O)[C@@H]1C1CC1.CC(C)(C)OC(=O)NC(C(=O)O)C1CC1.CC1(C)OC(=O)CC(=O)O1. The molecule has 0 spiro atoms. The second-order valence-electron chi connectivity index (χ2n) is 13.0. The summed E-state index contributed by atoms with van der Waals surface area (Å²) in [5, 5.41) is 11.2. The number of carboxylic acids is 1. The van der Waals surface area contributed by atoms with Crippen LogP contribution >= 0.6 is 0 Å². The number of hydrogen-bond donors (Lipinski definition) is 2. The molecule has 4 fully saturated rings. The normalized spacial score (nSPS) is 22.3. The lowest BCUT2D eigenvalue weighted by molar-refractivity contribution is -0.231. The lowest BCUT2D eigenvalue weighted by Gasteiger charge is -2.28. The third-order valence-electron chi connectivity index (χ3n) is 5.90. The van der Waals surface area contributed by atoms with Crippen LogP contribution < -0.4 is 5.32 Å². The van der Waals surface area contributed by atoms with Gasteiger partial charge in [-0.05, 0) is 79.1 Å². The summed E-state index contributed by atoms with van der Waals surface area (Å²) in [7, 11) is 0. The first-order chi connectivity index (χ1) is 19.1. The highest BCUT2D eigenvalue weighted by molar-refractivity contribution is 6.13. The van der Waals surface area contributed by atoms with Crippen LogP contribution in [0.15, 0.2) is 0 Å². The fraction of sp³-hybridized carbons (Fsp3) is 0.750. The van der Waals surface area contributed by atoms with Gasteiger partial charge in [0.15, 0.2) is 5.78 Å². The van der Waals surface area contributed by atoms with E-state index in [1.807, 2.05) is 0 Å². The van der Waals surface area contributed by atoms with Crippen LogP contribution in [-0.2, 0) is 42.9 Å². The summed E-state index contributed by atoms with van der Waals surface area (Å²) >= 11 is 0. The molecule has 0 bridgehead atoms. The van der Waals surface area contributed by atoms with E-state index in [2.05, 4.69) is 14.8 Å². The van der Waals surface area contributed by atoms with E-state index >= 15 is 0 Å². The quantitative estimate of drug-likeness (QED) is 0.273. The third-order valence-corrected chi connectivity index (χ3v) is 5.90. The molecule has 0 aromatic rings. The molecule has 2 N–H and O–H groups in total. The van der Waals surface area contributed by atoms with Gasteiger partial charge in [-0.1, -0.05) is 0 Å². The molecule has 14 nitrogen and oxygen atoms in total. The predicted molar refractivity (Wildman–Crippen MR) is 144 cm³/mol. The highest BCUT2D eigenvalue weighted by Crippen LogP contribution is 2.39. The van der Waals surface area contributed by atoms with Crippen molar-refractivity contribution in [3.05, 3.63) is 0 Å². The lowest BCUT2D eigenvalue weighted by Crippen LogP contribution is -2.44. The Bertz CT molecular complexity index is 1080. The number of rotatable bonds is 4. The van der Waals surface area contributed by atoms with E-state index in [1.54, 1.807) is 41.5 Å². The van der Waals surface area contributed by atoms with Crippen LogP contribution in [-0.4, -0.2) is 80.9 Å². The van der Waals surface area contributed by atoms with Crippen molar-refractivity contribution in [1.82, 2.24) is 10.2 Å². The minimum atomic E-state index is -1.08. The second-order valence-corrected chi connectivity index (χ2v) is 13.0. The Labute approximate surface area is 244 Å². The van der Waals surface area contributed by atoms with Crippen LogP contribution in [0.1, 0.15) is 93.9 Å². The number of carbonyl (C=O) groups excluding carboxylic acids is 6. The Kier molecular flexibility index (Phi) is 10.7. The van der Waals surface area contributed by atoms with Crippen molar-refractivity contribution in [2.45, 2.75) is 123 Å². The number of aliphatic carboxylic acids is 1. The Hall–Kier alpha value is -3.71. The molecule has 14 heteroatoms. The molecule has 0 radical (unpaired) electrons. The predicted octanol–water partition coefficient (Wildman–Crippen LogP) is 3.09. The highest BCUT2D eigenvalue weighted by Gasteiger charge is 2.51. The number of carbonyl (C=O) groups is 7. The molecule has 3 amide bonds. The van der Waals surface area contributed by atoms with Crippen molar-refractivity contribution in [1.29, 1.82) is 0 Å². The Morgan fingerprint density at radius 1 is 0.881 bits per heavy atom. The zero-order chi connectivity index (χ0) is 32.2. The van der Waals surface area contributed by atoms with Crippen molar-refractivity contribution in [3.63, 3.8) is 0 Å². The number of imide groups is 1. The summed E-state index contributed by atoms with van der Waals surface area (Å²) in [6, 6.07) is -1.38. The van der Waals surface area contributed by atoms with E-state index in [0.29, 0.717) is 0 Å². The van der Waals surface area contributed by atoms with Gasteiger partial charge in [-0.3, -0.25) is 19.2 Å². The summed E-state index contributed by atoms with van der Waals surface area (Å²) in [5.41, 5.74) is -1.26.